The van der Waals surface area contributed by atoms with Crippen molar-refractivity contribution in [3.05, 3.63) is 35.7 Å². The lowest BCUT2D eigenvalue weighted by molar-refractivity contribution is -0.141. The highest BCUT2D eigenvalue weighted by Crippen LogP contribution is 2.29. The predicted molar refractivity (Wildman–Crippen MR) is 88.6 cm³/mol. The van der Waals surface area contributed by atoms with Crippen molar-refractivity contribution in [2.45, 2.75) is 51.2 Å². The Hall–Kier alpha value is -2.32. The Labute approximate surface area is 149 Å². The number of amides is 1. The molecule has 1 N–H and O–H groups in total. The molecule has 3 heterocycles. The molecule has 1 saturated heterocycles. The van der Waals surface area contributed by atoms with Crippen molar-refractivity contribution in [1.82, 2.24) is 24.6 Å². The normalized spacial score (nSPS) is 18.3. The maximum atomic E-state index is 12.7. The fourth-order valence-corrected chi connectivity index (χ4v) is 3.31. The van der Waals surface area contributed by atoms with Crippen LogP contribution in [0.15, 0.2) is 18.5 Å². The third kappa shape index (κ3) is 3.91. The van der Waals surface area contributed by atoms with Crippen LogP contribution in [-0.2, 0) is 12.7 Å². The van der Waals surface area contributed by atoms with Crippen LogP contribution in [0.1, 0.15) is 60.5 Å². The van der Waals surface area contributed by atoms with E-state index in [1.807, 2.05) is 11.3 Å². The third-order valence-electron chi connectivity index (χ3n) is 4.68. The second kappa shape index (κ2) is 7.51. The molecule has 2 aromatic heterocycles. The van der Waals surface area contributed by atoms with Gasteiger partial charge in [-0.3, -0.25) is 9.89 Å². The van der Waals surface area contributed by atoms with Crippen LogP contribution in [0.3, 0.4) is 0 Å². The van der Waals surface area contributed by atoms with Gasteiger partial charge in [-0.15, -0.1) is 0 Å². The molecule has 9 heteroatoms. The number of unbranched alkanes of at least 4 members (excludes halogenated alkanes) is 1. The minimum Gasteiger partial charge on any atom is -0.337 e. The highest BCUT2D eigenvalue weighted by atomic mass is 19.4. The summed E-state index contributed by atoms with van der Waals surface area (Å²) in [7, 11) is 0. The van der Waals surface area contributed by atoms with E-state index in [-0.39, 0.29) is 11.6 Å². The molecule has 0 spiro atoms. The van der Waals surface area contributed by atoms with E-state index in [0.717, 1.165) is 44.1 Å². The van der Waals surface area contributed by atoms with Crippen LogP contribution in [-0.4, -0.2) is 43.6 Å². The number of hydrogen-bond acceptors (Lipinski definition) is 3. The van der Waals surface area contributed by atoms with E-state index in [0.29, 0.717) is 13.1 Å². The van der Waals surface area contributed by atoms with Gasteiger partial charge in [0, 0.05) is 44.0 Å². The van der Waals surface area contributed by atoms with Crippen molar-refractivity contribution in [1.29, 1.82) is 0 Å². The number of H-pyrrole nitrogens is 1. The van der Waals surface area contributed by atoms with E-state index in [1.165, 1.54) is 0 Å². The summed E-state index contributed by atoms with van der Waals surface area (Å²) in [6.45, 7) is 3.96. The van der Waals surface area contributed by atoms with Gasteiger partial charge in [0.1, 0.15) is 11.5 Å². The molecule has 1 amide bonds. The molecule has 0 aromatic carbocycles. The van der Waals surface area contributed by atoms with Crippen LogP contribution in [0, 0.1) is 0 Å². The first-order valence-electron chi connectivity index (χ1n) is 8.83. The summed E-state index contributed by atoms with van der Waals surface area (Å²) >= 11 is 0. The lowest BCUT2D eigenvalue weighted by Crippen LogP contribution is -2.40. The molecule has 0 radical (unpaired) electrons. The second-order valence-electron chi connectivity index (χ2n) is 6.59. The number of aryl methyl sites for hydroxylation is 1. The van der Waals surface area contributed by atoms with E-state index in [1.54, 1.807) is 11.1 Å². The minimum atomic E-state index is -4.54. The Morgan fingerprint density at radius 2 is 2.23 bits per heavy atom. The lowest BCUT2D eigenvalue weighted by Gasteiger charge is -2.32. The summed E-state index contributed by atoms with van der Waals surface area (Å²) < 4.78 is 40.2. The van der Waals surface area contributed by atoms with E-state index < -0.39 is 17.8 Å². The standard InChI is InChI=1S/C17H22F3N5O/c1-2-3-7-24-9-6-21-15(24)12-5-4-8-25(11-12)16(26)13-10-14(23-22-13)17(18,19)20/h6,9-10,12H,2-5,7-8,11H2,1H3,(H,22,23)/t12-/m1/s1. The van der Waals surface area contributed by atoms with Crippen molar-refractivity contribution in [2.24, 2.45) is 0 Å². The first-order chi connectivity index (χ1) is 12.4. The van der Waals surface area contributed by atoms with E-state index >= 15 is 0 Å². The Bertz CT molecular complexity index is 752. The molecule has 142 valence electrons. The third-order valence-corrected chi connectivity index (χ3v) is 4.68. The summed E-state index contributed by atoms with van der Waals surface area (Å²) in [5.41, 5.74) is -1.21. The van der Waals surface area contributed by atoms with Crippen molar-refractivity contribution >= 4 is 5.91 Å². The predicted octanol–water partition coefficient (Wildman–Crippen LogP) is 3.44. The maximum Gasteiger partial charge on any atom is 0.432 e. The Morgan fingerprint density at radius 1 is 1.42 bits per heavy atom. The van der Waals surface area contributed by atoms with Gasteiger partial charge in [-0.2, -0.15) is 18.3 Å². The topological polar surface area (TPSA) is 66.8 Å². The van der Waals surface area contributed by atoms with Crippen LogP contribution in [0.4, 0.5) is 13.2 Å². The van der Waals surface area contributed by atoms with Crippen molar-refractivity contribution in [3.8, 4) is 0 Å². The molecule has 1 atom stereocenters. The molecule has 0 saturated carbocycles. The number of alkyl halides is 3. The van der Waals surface area contributed by atoms with Crippen LogP contribution >= 0.6 is 0 Å². The van der Waals surface area contributed by atoms with Gasteiger partial charge >= 0.3 is 6.18 Å². The molecule has 1 fully saturated rings. The van der Waals surface area contributed by atoms with Gasteiger partial charge in [-0.05, 0) is 19.3 Å². The number of carbonyl (C=O) groups excluding carboxylic acids is 1. The maximum absolute atomic E-state index is 12.7. The number of rotatable bonds is 5. The zero-order valence-corrected chi connectivity index (χ0v) is 14.6. The van der Waals surface area contributed by atoms with E-state index in [9.17, 15) is 18.0 Å². The summed E-state index contributed by atoms with van der Waals surface area (Å²) in [6, 6.07) is 0.772. The van der Waals surface area contributed by atoms with Crippen LogP contribution in [0.5, 0.6) is 0 Å². The second-order valence-corrected chi connectivity index (χ2v) is 6.59. The number of imidazole rings is 1. The first-order valence-corrected chi connectivity index (χ1v) is 8.83. The van der Waals surface area contributed by atoms with Gasteiger partial charge in [0.15, 0.2) is 5.69 Å². The molecule has 1 aliphatic rings. The van der Waals surface area contributed by atoms with Crippen LogP contribution in [0.25, 0.3) is 0 Å². The van der Waals surface area contributed by atoms with Crippen molar-refractivity contribution < 1.29 is 18.0 Å². The number of aromatic nitrogens is 4. The molecule has 0 bridgehead atoms. The smallest absolute Gasteiger partial charge is 0.337 e. The molecule has 1 aliphatic heterocycles. The molecular weight excluding hydrogens is 347 g/mol. The monoisotopic (exact) mass is 369 g/mol. The lowest BCUT2D eigenvalue weighted by atomic mass is 9.96. The first kappa shape index (κ1) is 18.5. The van der Waals surface area contributed by atoms with E-state index in [2.05, 4.69) is 21.6 Å². The number of aromatic amines is 1. The summed E-state index contributed by atoms with van der Waals surface area (Å²) in [4.78, 5) is 18.6. The van der Waals surface area contributed by atoms with Crippen molar-refractivity contribution in [2.75, 3.05) is 13.1 Å². The highest BCUT2D eigenvalue weighted by molar-refractivity contribution is 5.92. The molecular formula is C17H22F3N5O. The van der Waals surface area contributed by atoms with Crippen LogP contribution < -0.4 is 0 Å². The molecule has 0 aliphatic carbocycles. The number of nitrogens with zero attached hydrogens (tertiary/aromatic N) is 4. The number of hydrogen-bond donors (Lipinski definition) is 1. The molecule has 2 aromatic rings. The Morgan fingerprint density at radius 3 is 2.92 bits per heavy atom. The highest BCUT2D eigenvalue weighted by Gasteiger charge is 2.35. The van der Waals surface area contributed by atoms with Gasteiger partial charge in [-0.25, -0.2) is 4.98 Å². The minimum absolute atomic E-state index is 0.0839. The number of halogens is 3. The molecule has 6 nitrogen and oxygen atoms in total. The van der Waals surface area contributed by atoms with Gasteiger partial charge in [0.05, 0.1) is 0 Å². The van der Waals surface area contributed by atoms with Gasteiger partial charge in [0.2, 0.25) is 0 Å². The van der Waals surface area contributed by atoms with E-state index in [4.69, 9.17) is 0 Å². The molecule has 0 unspecified atom stereocenters. The quantitative estimate of drug-likeness (QED) is 0.878. The number of likely N-dealkylation sites (tertiary alicyclic amines) is 1. The average Bonchev–Trinajstić information content (AvgIpc) is 3.28. The number of piperidine rings is 1. The zero-order chi connectivity index (χ0) is 18.7. The average molecular weight is 369 g/mol. The number of nitrogens with one attached hydrogen (secondary N) is 1. The SMILES string of the molecule is CCCCn1ccnc1[C@@H]1CCCN(C(=O)c2cc(C(F)(F)F)[nH]n2)C1. The van der Waals surface area contributed by atoms with Gasteiger partial charge in [0.25, 0.3) is 5.91 Å². The van der Waals surface area contributed by atoms with Gasteiger partial charge in [-0.1, -0.05) is 13.3 Å². The fourth-order valence-electron chi connectivity index (χ4n) is 3.31. The molecule has 26 heavy (non-hydrogen) atoms. The summed E-state index contributed by atoms with van der Waals surface area (Å²) in [5.74, 6) is 0.544. The van der Waals surface area contributed by atoms with Gasteiger partial charge < -0.3 is 9.47 Å². The number of carbonyl (C=O) groups is 1. The Kier molecular flexibility index (Phi) is 5.33. The zero-order valence-electron chi connectivity index (χ0n) is 14.6. The Balaban J connectivity index is 1.71. The van der Waals surface area contributed by atoms with Crippen molar-refractivity contribution in [3.63, 3.8) is 0 Å². The molecule has 3 rings (SSSR count). The largest absolute Gasteiger partial charge is 0.432 e. The summed E-state index contributed by atoms with van der Waals surface area (Å²) in [5, 5.41) is 5.44. The van der Waals surface area contributed by atoms with Crippen LogP contribution in [0.2, 0.25) is 0 Å². The summed E-state index contributed by atoms with van der Waals surface area (Å²) in [6.07, 6.45) is 2.97. The fraction of sp³-hybridized carbons (Fsp3) is 0.588.